The molecule has 0 heterocycles. The normalized spacial score (nSPS) is 13.9. The van der Waals surface area contributed by atoms with Gasteiger partial charge in [0, 0.05) is 6.54 Å². The highest BCUT2D eigenvalue weighted by molar-refractivity contribution is 6.32. The number of nitrogens with one attached hydrogen (secondary N) is 1. The molecule has 0 saturated heterocycles. The molecule has 2 unspecified atom stereocenters. The second-order valence-electron chi connectivity index (χ2n) is 4.45. The van der Waals surface area contributed by atoms with Gasteiger partial charge >= 0.3 is 0 Å². The molecule has 0 aliphatic heterocycles. The number of hydrogen-bond acceptors (Lipinski definition) is 3. The van der Waals surface area contributed by atoms with E-state index in [2.05, 4.69) is 5.32 Å². The van der Waals surface area contributed by atoms with Crippen LogP contribution in [0.2, 0.25) is 5.02 Å². The number of carbonyl (C=O) groups is 1. The van der Waals surface area contributed by atoms with Crippen molar-refractivity contribution in [1.29, 1.82) is 0 Å². The minimum atomic E-state index is -0.713. The molecule has 0 bridgehead atoms. The number of aliphatic hydroxyl groups is 1. The summed E-state index contributed by atoms with van der Waals surface area (Å²) >= 11 is 5.58. The van der Waals surface area contributed by atoms with Gasteiger partial charge in [0.1, 0.15) is 11.6 Å². The lowest BCUT2D eigenvalue weighted by Gasteiger charge is -2.17. The van der Waals surface area contributed by atoms with E-state index < -0.39 is 23.6 Å². The standard InChI is InChI=1S/C13H17ClFNO3/c1-3-7(2)11(17)6-16-13(19)9-4-8(15)5-10(14)12(9)18/h4-5,7,11,17-18H,3,6H2,1-2H3,(H,16,19). The third-order valence-corrected chi connectivity index (χ3v) is 3.33. The Morgan fingerprint density at radius 1 is 1.53 bits per heavy atom. The Balaban J connectivity index is 2.74. The van der Waals surface area contributed by atoms with Crippen molar-refractivity contribution in [2.24, 2.45) is 5.92 Å². The fraction of sp³-hybridized carbons (Fsp3) is 0.462. The molecule has 2 atom stereocenters. The number of amides is 1. The maximum Gasteiger partial charge on any atom is 0.255 e. The molecule has 0 fully saturated rings. The van der Waals surface area contributed by atoms with Crippen LogP contribution in [0.15, 0.2) is 12.1 Å². The summed E-state index contributed by atoms with van der Waals surface area (Å²) in [5.41, 5.74) is -0.249. The number of rotatable bonds is 5. The summed E-state index contributed by atoms with van der Waals surface area (Å²) in [5.74, 6) is -1.83. The van der Waals surface area contributed by atoms with E-state index in [1.165, 1.54) is 0 Å². The van der Waals surface area contributed by atoms with E-state index in [1.807, 2.05) is 13.8 Å². The molecule has 1 aromatic carbocycles. The summed E-state index contributed by atoms with van der Waals surface area (Å²) < 4.78 is 13.1. The largest absolute Gasteiger partial charge is 0.506 e. The van der Waals surface area contributed by atoms with Gasteiger partial charge < -0.3 is 15.5 Å². The first kappa shape index (κ1) is 15.7. The molecule has 4 nitrogen and oxygen atoms in total. The van der Waals surface area contributed by atoms with Crippen molar-refractivity contribution < 1.29 is 19.4 Å². The van der Waals surface area contributed by atoms with Crippen molar-refractivity contribution in [1.82, 2.24) is 5.32 Å². The van der Waals surface area contributed by atoms with E-state index in [0.717, 1.165) is 18.6 Å². The molecule has 3 N–H and O–H groups in total. The number of phenolic OH excluding ortho intramolecular Hbond substituents is 1. The second kappa shape index (κ2) is 6.73. The molecule has 0 spiro atoms. The van der Waals surface area contributed by atoms with Crippen LogP contribution in [0, 0.1) is 11.7 Å². The number of carbonyl (C=O) groups excluding carboxylic acids is 1. The van der Waals surface area contributed by atoms with Gasteiger partial charge in [-0.1, -0.05) is 31.9 Å². The molecular formula is C13H17ClFNO3. The van der Waals surface area contributed by atoms with Crippen LogP contribution in [0.4, 0.5) is 4.39 Å². The van der Waals surface area contributed by atoms with Crippen LogP contribution in [-0.2, 0) is 0 Å². The van der Waals surface area contributed by atoms with Crippen LogP contribution in [0.3, 0.4) is 0 Å². The topological polar surface area (TPSA) is 69.6 Å². The lowest BCUT2D eigenvalue weighted by atomic mass is 10.0. The molecule has 0 aliphatic rings. The molecular weight excluding hydrogens is 273 g/mol. The highest BCUT2D eigenvalue weighted by atomic mass is 35.5. The number of hydrogen-bond donors (Lipinski definition) is 3. The quantitative estimate of drug-likeness (QED) is 0.779. The molecule has 106 valence electrons. The summed E-state index contributed by atoms with van der Waals surface area (Å²) in [6.07, 6.45) is 0.0776. The Labute approximate surface area is 116 Å². The Bertz CT molecular complexity index is 467. The van der Waals surface area contributed by atoms with Crippen LogP contribution >= 0.6 is 11.6 Å². The third kappa shape index (κ3) is 4.08. The van der Waals surface area contributed by atoms with Crippen LogP contribution in [0.5, 0.6) is 5.75 Å². The van der Waals surface area contributed by atoms with Gasteiger partial charge in [0.2, 0.25) is 0 Å². The van der Waals surface area contributed by atoms with E-state index in [9.17, 15) is 19.4 Å². The van der Waals surface area contributed by atoms with E-state index >= 15 is 0 Å². The van der Waals surface area contributed by atoms with E-state index in [4.69, 9.17) is 11.6 Å². The number of aromatic hydroxyl groups is 1. The number of halogens is 2. The summed E-state index contributed by atoms with van der Waals surface area (Å²) in [5, 5.41) is 21.5. The van der Waals surface area contributed by atoms with Crippen molar-refractivity contribution >= 4 is 17.5 Å². The monoisotopic (exact) mass is 289 g/mol. The predicted molar refractivity (Wildman–Crippen MR) is 70.9 cm³/mol. The zero-order valence-corrected chi connectivity index (χ0v) is 11.5. The molecule has 1 amide bonds. The Morgan fingerprint density at radius 3 is 2.74 bits per heavy atom. The van der Waals surface area contributed by atoms with Gasteiger partial charge in [-0.25, -0.2) is 4.39 Å². The van der Waals surface area contributed by atoms with Crippen molar-refractivity contribution in [3.63, 3.8) is 0 Å². The first-order chi connectivity index (χ1) is 8.86. The average molecular weight is 290 g/mol. The van der Waals surface area contributed by atoms with Crippen LogP contribution in [-0.4, -0.2) is 28.8 Å². The lowest BCUT2D eigenvalue weighted by Crippen LogP contribution is -2.35. The average Bonchev–Trinajstić information content (AvgIpc) is 2.38. The third-order valence-electron chi connectivity index (χ3n) is 3.05. The number of benzene rings is 1. The molecule has 19 heavy (non-hydrogen) atoms. The van der Waals surface area contributed by atoms with Crippen molar-refractivity contribution in [2.45, 2.75) is 26.4 Å². The van der Waals surface area contributed by atoms with E-state index in [1.54, 1.807) is 0 Å². The zero-order valence-electron chi connectivity index (χ0n) is 10.8. The van der Waals surface area contributed by atoms with Gasteiger partial charge in [0.25, 0.3) is 5.91 Å². The molecule has 0 aromatic heterocycles. The maximum atomic E-state index is 13.1. The van der Waals surface area contributed by atoms with Crippen LogP contribution in [0.25, 0.3) is 0 Å². The SMILES string of the molecule is CCC(C)C(O)CNC(=O)c1cc(F)cc(Cl)c1O. The molecule has 1 rings (SSSR count). The first-order valence-corrected chi connectivity index (χ1v) is 6.38. The van der Waals surface area contributed by atoms with Crippen molar-refractivity contribution in [2.75, 3.05) is 6.54 Å². The van der Waals surface area contributed by atoms with Crippen molar-refractivity contribution in [3.05, 3.63) is 28.5 Å². The summed E-state index contributed by atoms with van der Waals surface area (Å²) in [6, 6.07) is 1.81. The van der Waals surface area contributed by atoms with Gasteiger partial charge in [-0.3, -0.25) is 4.79 Å². The van der Waals surface area contributed by atoms with Gasteiger partial charge in [0.15, 0.2) is 0 Å². The fourth-order valence-electron chi connectivity index (χ4n) is 1.50. The van der Waals surface area contributed by atoms with Gasteiger partial charge in [-0.2, -0.15) is 0 Å². The summed E-state index contributed by atoms with van der Waals surface area (Å²) in [7, 11) is 0. The lowest BCUT2D eigenvalue weighted by molar-refractivity contribution is 0.0847. The minimum Gasteiger partial charge on any atom is -0.506 e. The molecule has 0 saturated carbocycles. The fourth-order valence-corrected chi connectivity index (χ4v) is 1.71. The predicted octanol–water partition coefficient (Wildman–Crippen LogP) is 2.32. The highest BCUT2D eigenvalue weighted by Crippen LogP contribution is 2.28. The molecule has 6 heteroatoms. The van der Waals surface area contributed by atoms with E-state index in [0.29, 0.717) is 0 Å². The van der Waals surface area contributed by atoms with Gasteiger partial charge in [-0.15, -0.1) is 0 Å². The molecule has 0 radical (unpaired) electrons. The molecule has 0 aliphatic carbocycles. The Kier molecular flexibility index (Phi) is 5.57. The Morgan fingerprint density at radius 2 is 2.16 bits per heavy atom. The minimum absolute atomic E-state index is 0.0292. The molecule has 1 aromatic rings. The first-order valence-electron chi connectivity index (χ1n) is 6.01. The van der Waals surface area contributed by atoms with Crippen molar-refractivity contribution in [3.8, 4) is 5.75 Å². The van der Waals surface area contributed by atoms with E-state index in [-0.39, 0.29) is 23.0 Å². The smallest absolute Gasteiger partial charge is 0.255 e. The number of aliphatic hydroxyl groups excluding tert-OH is 1. The van der Waals surface area contributed by atoms with Gasteiger partial charge in [0.05, 0.1) is 16.7 Å². The summed E-state index contributed by atoms with van der Waals surface area (Å²) in [4.78, 5) is 11.8. The zero-order chi connectivity index (χ0) is 14.6. The second-order valence-corrected chi connectivity index (χ2v) is 4.85. The maximum absolute atomic E-state index is 13.1. The van der Waals surface area contributed by atoms with Crippen LogP contribution in [0.1, 0.15) is 30.6 Å². The number of phenols is 1. The van der Waals surface area contributed by atoms with Gasteiger partial charge in [-0.05, 0) is 18.1 Å². The Hall–Kier alpha value is -1.33. The van der Waals surface area contributed by atoms with Crippen LogP contribution < -0.4 is 5.32 Å². The highest BCUT2D eigenvalue weighted by Gasteiger charge is 2.18. The summed E-state index contributed by atoms with van der Waals surface area (Å²) in [6.45, 7) is 3.81.